The van der Waals surface area contributed by atoms with E-state index in [2.05, 4.69) is 20.6 Å². The van der Waals surface area contributed by atoms with Crippen molar-refractivity contribution in [1.29, 1.82) is 0 Å². The van der Waals surface area contributed by atoms with Crippen molar-refractivity contribution in [3.63, 3.8) is 0 Å². The Hall–Kier alpha value is -2.63. The van der Waals surface area contributed by atoms with Crippen LogP contribution in [0.2, 0.25) is 0 Å². The van der Waals surface area contributed by atoms with Gasteiger partial charge in [0.15, 0.2) is 5.96 Å². The first-order chi connectivity index (χ1) is 12.7. The molecule has 1 aliphatic carbocycles. The van der Waals surface area contributed by atoms with E-state index in [0.29, 0.717) is 31.0 Å². The van der Waals surface area contributed by atoms with E-state index in [9.17, 15) is 4.39 Å². The quantitative estimate of drug-likeness (QED) is 0.615. The highest BCUT2D eigenvalue weighted by atomic mass is 19.1. The van der Waals surface area contributed by atoms with Crippen molar-refractivity contribution in [1.82, 2.24) is 15.6 Å². The summed E-state index contributed by atoms with van der Waals surface area (Å²) >= 11 is 0. The lowest BCUT2D eigenvalue weighted by atomic mass is 10.2. The van der Waals surface area contributed by atoms with Gasteiger partial charge in [0.1, 0.15) is 11.9 Å². The molecule has 1 aliphatic rings. The standard InChI is InChI=1S/C20H25FN4O/c1-22-20(24-13-15-5-4-6-17(21)11-15)25-14-16-9-10-23-19(12-16)26-18-7-2-3-8-18/h4-6,9-12,18H,2-3,7-8,13-14H2,1H3,(H2,22,24,25). The fourth-order valence-corrected chi connectivity index (χ4v) is 3.04. The minimum absolute atomic E-state index is 0.237. The molecule has 0 spiro atoms. The van der Waals surface area contributed by atoms with Crippen LogP contribution in [0.1, 0.15) is 36.8 Å². The molecule has 0 unspecified atom stereocenters. The molecule has 138 valence electrons. The Kier molecular flexibility index (Phi) is 6.41. The van der Waals surface area contributed by atoms with E-state index in [1.165, 1.54) is 25.0 Å². The number of ether oxygens (including phenoxy) is 1. The number of benzene rings is 1. The lowest BCUT2D eigenvalue weighted by molar-refractivity contribution is 0.201. The molecule has 5 nitrogen and oxygen atoms in total. The minimum Gasteiger partial charge on any atom is -0.474 e. The van der Waals surface area contributed by atoms with Crippen LogP contribution in [0, 0.1) is 5.82 Å². The second kappa shape index (κ2) is 9.17. The molecule has 0 atom stereocenters. The van der Waals surface area contributed by atoms with Gasteiger partial charge in [-0.25, -0.2) is 9.37 Å². The highest BCUT2D eigenvalue weighted by Gasteiger charge is 2.17. The van der Waals surface area contributed by atoms with E-state index in [1.807, 2.05) is 18.2 Å². The van der Waals surface area contributed by atoms with E-state index >= 15 is 0 Å². The summed E-state index contributed by atoms with van der Waals surface area (Å²) in [5.41, 5.74) is 1.94. The van der Waals surface area contributed by atoms with Gasteiger partial charge in [-0.2, -0.15) is 0 Å². The van der Waals surface area contributed by atoms with E-state index in [1.54, 1.807) is 19.3 Å². The average molecular weight is 356 g/mol. The Labute approximate surface area is 153 Å². The summed E-state index contributed by atoms with van der Waals surface area (Å²) in [4.78, 5) is 8.50. The van der Waals surface area contributed by atoms with Crippen LogP contribution in [0.4, 0.5) is 4.39 Å². The third-order valence-corrected chi connectivity index (χ3v) is 4.42. The van der Waals surface area contributed by atoms with Crippen LogP contribution in [0.25, 0.3) is 0 Å². The van der Waals surface area contributed by atoms with Gasteiger partial charge in [-0.15, -0.1) is 0 Å². The molecule has 1 saturated carbocycles. The van der Waals surface area contributed by atoms with Gasteiger partial charge in [0, 0.05) is 32.4 Å². The number of hydrogen-bond donors (Lipinski definition) is 2. The van der Waals surface area contributed by atoms with Crippen LogP contribution in [-0.4, -0.2) is 24.1 Å². The van der Waals surface area contributed by atoms with Gasteiger partial charge in [-0.3, -0.25) is 4.99 Å². The first-order valence-corrected chi connectivity index (χ1v) is 9.03. The lowest BCUT2D eigenvalue weighted by Crippen LogP contribution is -2.36. The molecule has 1 aromatic carbocycles. The Morgan fingerprint density at radius 1 is 1.15 bits per heavy atom. The average Bonchev–Trinajstić information content (AvgIpc) is 3.15. The predicted molar refractivity (Wildman–Crippen MR) is 101 cm³/mol. The summed E-state index contributed by atoms with van der Waals surface area (Å²) in [6, 6.07) is 10.4. The summed E-state index contributed by atoms with van der Waals surface area (Å²) in [7, 11) is 1.71. The van der Waals surface area contributed by atoms with E-state index in [-0.39, 0.29) is 5.82 Å². The van der Waals surface area contributed by atoms with Crippen LogP contribution in [0.3, 0.4) is 0 Å². The van der Waals surface area contributed by atoms with Crippen LogP contribution in [0.15, 0.2) is 47.6 Å². The number of hydrogen-bond acceptors (Lipinski definition) is 3. The number of nitrogens with zero attached hydrogens (tertiary/aromatic N) is 2. The first-order valence-electron chi connectivity index (χ1n) is 9.03. The fraction of sp³-hybridized carbons (Fsp3) is 0.400. The molecule has 6 heteroatoms. The normalized spacial score (nSPS) is 15.1. The zero-order valence-corrected chi connectivity index (χ0v) is 15.0. The zero-order valence-electron chi connectivity index (χ0n) is 15.0. The number of nitrogens with one attached hydrogen (secondary N) is 2. The second-order valence-electron chi connectivity index (χ2n) is 6.44. The molecular formula is C20H25FN4O. The van der Waals surface area contributed by atoms with Crippen LogP contribution < -0.4 is 15.4 Å². The number of rotatable bonds is 6. The maximum absolute atomic E-state index is 13.2. The third kappa shape index (κ3) is 5.44. The Morgan fingerprint density at radius 3 is 2.58 bits per heavy atom. The Bertz CT molecular complexity index is 744. The Morgan fingerprint density at radius 2 is 1.88 bits per heavy atom. The monoisotopic (exact) mass is 356 g/mol. The summed E-state index contributed by atoms with van der Waals surface area (Å²) < 4.78 is 19.2. The summed E-state index contributed by atoms with van der Waals surface area (Å²) in [6.45, 7) is 1.11. The van der Waals surface area contributed by atoms with Gasteiger partial charge in [0.2, 0.25) is 5.88 Å². The van der Waals surface area contributed by atoms with Gasteiger partial charge < -0.3 is 15.4 Å². The molecule has 2 aromatic rings. The molecule has 2 N–H and O–H groups in total. The van der Waals surface area contributed by atoms with E-state index in [0.717, 1.165) is 24.0 Å². The maximum Gasteiger partial charge on any atom is 0.213 e. The number of guanidine groups is 1. The van der Waals surface area contributed by atoms with Gasteiger partial charge in [-0.05, 0) is 55.0 Å². The molecular weight excluding hydrogens is 331 g/mol. The van der Waals surface area contributed by atoms with Crippen molar-refractivity contribution in [3.05, 3.63) is 59.5 Å². The molecule has 26 heavy (non-hydrogen) atoms. The number of pyridine rings is 1. The largest absolute Gasteiger partial charge is 0.474 e. The van der Waals surface area contributed by atoms with Crippen LogP contribution in [-0.2, 0) is 13.1 Å². The molecule has 1 aromatic heterocycles. The molecule has 0 bridgehead atoms. The van der Waals surface area contributed by atoms with E-state index < -0.39 is 0 Å². The SMILES string of the molecule is CN=C(NCc1cccc(F)c1)NCc1ccnc(OC2CCCC2)c1. The van der Waals surface area contributed by atoms with Gasteiger partial charge in [0.25, 0.3) is 0 Å². The number of halogens is 1. The summed E-state index contributed by atoms with van der Waals surface area (Å²) in [5, 5.41) is 6.44. The number of aliphatic imine (C=N–C) groups is 1. The highest BCUT2D eigenvalue weighted by Crippen LogP contribution is 2.23. The maximum atomic E-state index is 13.2. The van der Waals surface area contributed by atoms with Crippen molar-refractivity contribution < 1.29 is 9.13 Å². The smallest absolute Gasteiger partial charge is 0.213 e. The van der Waals surface area contributed by atoms with Gasteiger partial charge in [0.05, 0.1) is 0 Å². The summed E-state index contributed by atoms with van der Waals surface area (Å²) in [5.74, 6) is 1.10. The van der Waals surface area contributed by atoms with Crippen LogP contribution >= 0.6 is 0 Å². The third-order valence-electron chi connectivity index (χ3n) is 4.42. The van der Waals surface area contributed by atoms with Crippen molar-refractivity contribution in [3.8, 4) is 5.88 Å². The van der Waals surface area contributed by atoms with Crippen molar-refractivity contribution in [2.75, 3.05) is 7.05 Å². The van der Waals surface area contributed by atoms with Gasteiger partial charge >= 0.3 is 0 Å². The van der Waals surface area contributed by atoms with Crippen LogP contribution in [0.5, 0.6) is 5.88 Å². The van der Waals surface area contributed by atoms with Crippen molar-refractivity contribution >= 4 is 5.96 Å². The second-order valence-corrected chi connectivity index (χ2v) is 6.44. The predicted octanol–water partition coefficient (Wildman–Crippen LogP) is 3.41. The van der Waals surface area contributed by atoms with Gasteiger partial charge in [-0.1, -0.05) is 12.1 Å². The zero-order chi connectivity index (χ0) is 18.2. The molecule has 0 saturated heterocycles. The molecule has 0 aliphatic heterocycles. The minimum atomic E-state index is -0.237. The van der Waals surface area contributed by atoms with Crippen molar-refractivity contribution in [2.45, 2.75) is 44.9 Å². The number of aromatic nitrogens is 1. The molecule has 0 amide bonds. The lowest BCUT2D eigenvalue weighted by Gasteiger charge is -2.14. The topological polar surface area (TPSA) is 58.5 Å². The fourth-order valence-electron chi connectivity index (χ4n) is 3.04. The Balaban J connectivity index is 1.50. The van der Waals surface area contributed by atoms with E-state index in [4.69, 9.17) is 4.74 Å². The summed E-state index contributed by atoms with van der Waals surface area (Å²) in [6.07, 6.45) is 6.76. The molecule has 0 radical (unpaired) electrons. The molecule has 1 fully saturated rings. The molecule has 1 heterocycles. The molecule has 3 rings (SSSR count). The van der Waals surface area contributed by atoms with Crippen molar-refractivity contribution in [2.24, 2.45) is 4.99 Å². The first kappa shape index (κ1) is 18.2. The highest BCUT2D eigenvalue weighted by molar-refractivity contribution is 5.79.